The predicted molar refractivity (Wildman–Crippen MR) is 55.1 cm³/mol. The van der Waals surface area contributed by atoms with Gasteiger partial charge in [0.05, 0.1) is 6.10 Å². The monoisotopic (exact) mass is 282 g/mol. The van der Waals surface area contributed by atoms with Crippen molar-refractivity contribution in [1.29, 1.82) is 0 Å². The summed E-state index contributed by atoms with van der Waals surface area (Å²) in [6.45, 7) is 2.51. The molecular formula is C8H17F3O5S. The van der Waals surface area contributed by atoms with Gasteiger partial charge in [0, 0.05) is 6.61 Å². The molecule has 9 heteroatoms. The number of aliphatic hydroxyl groups is 2. The van der Waals surface area contributed by atoms with Crippen molar-refractivity contribution in [3.63, 3.8) is 0 Å². The van der Waals surface area contributed by atoms with Crippen LogP contribution >= 0.6 is 0 Å². The van der Waals surface area contributed by atoms with Crippen molar-refractivity contribution < 1.29 is 36.4 Å². The summed E-state index contributed by atoms with van der Waals surface area (Å²) < 4.78 is 60.7. The van der Waals surface area contributed by atoms with E-state index in [1.807, 2.05) is 0 Å². The topological polar surface area (TPSA) is 94.8 Å². The molecule has 0 saturated heterocycles. The standard InChI is InChI=1S/C4H7F3O3S.C4H10O2/c1-3(2,4(5,6)7)11(8,9)10;1-4(6)2-3-5/h1-2H3,(H,8,9,10);4-6H,2-3H2,1H3. The van der Waals surface area contributed by atoms with Crippen LogP contribution in [0.2, 0.25) is 0 Å². The van der Waals surface area contributed by atoms with Crippen LogP contribution < -0.4 is 0 Å². The molecule has 1 atom stereocenters. The summed E-state index contributed by atoms with van der Waals surface area (Å²) in [5.74, 6) is 0. The number of hydrogen-bond acceptors (Lipinski definition) is 4. The fourth-order valence-corrected chi connectivity index (χ4v) is 0.626. The average Bonchev–Trinajstić information content (AvgIpc) is 2.00. The van der Waals surface area contributed by atoms with Crippen molar-refractivity contribution in [3.05, 3.63) is 0 Å². The van der Waals surface area contributed by atoms with Crippen LogP contribution in [0.25, 0.3) is 0 Å². The second-order valence-electron chi connectivity index (χ2n) is 3.84. The minimum absolute atomic E-state index is 0.0810. The molecule has 0 fully saturated rings. The first-order valence-electron chi connectivity index (χ1n) is 4.60. The van der Waals surface area contributed by atoms with Crippen molar-refractivity contribution in [2.75, 3.05) is 6.61 Å². The van der Waals surface area contributed by atoms with E-state index in [0.717, 1.165) is 0 Å². The lowest BCUT2D eigenvalue weighted by molar-refractivity contribution is -0.154. The molecule has 0 heterocycles. The lowest BCUT2D eigenvalue weighted by Gasteiger charge is -2.23. The second kappa shape index (κ2) is 6.53. The van der Waals surface area contributed by atoms with Gasteiger partial charge < -0.3 is 10.2 Å². The highest BCUT2D eigenvalue weighted by molar-refractivity contribution is 7.87. The minimum atomic E-state index is -5.09. The van der Waals surface area contributed by atoms with E-state index in [4.69, 9.17) is 14.8 Å². The Morgan fingerprint density at radius 1 is 1.24 bits per heavy atom. The quantitative estimate of drug-likeness (QED) is 0.670. The maximum atomic E-state index is 11.8. The molecule has 3 N–H and O–H groups in total. The molecule has 0 amide bonds. The summed E-state index contributed by atoms with van der Waals surface area (Å²) in [5.41, 5.74) is 0. The average molecular weight is 282 g/mol. The van der Waals surface area contributed by atoms with E-state index in [1.54, 1.807) is 6.92 Å². The molecule has 0 spiro atoms. The van der Waals surface area contributed by atoms with Gasteiger partial charge in [-0.15, -0.1) is 0 Å². The molecule has 0 saturated carbocycles. The fraction of sp³-hybridized carbons (Fsp3) is 1.00. The normalized spacial score (nSPS) is 14.9. The van der Waals surface area contributed by atoms with E-state index in [2.05, 4.69) is 0 Å². The highest BCUT2D eigenvalue weighted by Crippen LogP contribution is 2.35. The van der Waals surface area contributed by atoms with Crippen molar-refractivity contribution >= 4 is 10.1 Å². The fourth-order valence-electron chi connectivity index (χ4n) is 0.333. The zero-order valence-electron chi connectivity index (χ0n) is 9.69. The lowest BCUT2D eigenvalue weighted by atomic mass is 10.2. The smallest absolute Gasteiger partial charge is 0.396 e. The summed E-state index contributed by atoms with van der Waals surface area (Å²) in [4.78, 5) is 0. The van der Waals surface area contributed by atoms with Gasteiger partial charge in [-0.3, -0.25) is 4.55 Å². The van der Waals surface area contributed by atoms with Gasteiger partial charge in [-0.05, 0) is 27.2 Å². The highest BCUT2D eigenvalue weighted by atomic mass is 32.2. The molecule has 106 valence electrons. The summed E-state index contributed by atoms with van der Waals surface area (Å²) in [6.07, 6.45) is -4.82. The molecule has 1 unspecified atom stereocenters. The van der Waals surface area contributed by atoms with Crippen LogP contribution in [-0.2, 0) is 10.1 Å². The van der Waals surface area contributed by atoms with Crippen LogP contribution in [0.1, 0.15) is 27.2 Å². The molecule has 0 aliphatic heterocycles. The molecule has 0 aliphatic rings. The first kappa shape index (κ1) is 19.0. The Hall–Kier alpha value is -0.380. The summed E-state index contributed by atoms with van der Waals surface area (Å²) in [5, 5.41) is 16.5. The van der Waals surface area contributed by atoms with Crippen molar-refractivity contribution in [2.45, 2.75) is 44.2 Å². The first-order valence-corrected chi connectivity index (χ1v) is 6.04. The zero-order valence-corrected chi connectivity index (χ0v) is 10.5. The van der Waals surface area contributed by atoms with Gasteiger partial charge in [0.2, 0.25) is 0 Å². The van der Waals surface area contributed by atoms with Crippen LogP contribution in [-0.4, -0.2) is 46.8 Å². The van der Waals surface area contributed by atoms with Crippen LogP contribution in [0.5, 0.6) is 0 Å². The zero-order chi connectivity index (χ0) is 14.5. The number of halogens is 3. The SMILES string of the molecule is CC(C)(C(F)(F)F)S(=O)(=O)O.CC(O)CCO. The van der Waals surface area contributed by atoms with Gasteiger partial charge in [-0.1, -0.05) is 0 Å². The molecule has 0 aliphatic carbocycles. The van der Waals surface area contributed by atoms with E-state index in [1.165, 1.54) is 0 Å². The van der Waals surface area contributed by atoms with E-state index in [9.17, 15) is 21.6 Å². The highest BCUT2D eigenvalue weighted by Gasteiger charge is 2.56. The summed E-state index contributed by atoms with van der Waals surface area (Å²) in [7, 11) is -5.09. The van der Waals surface area contributed by atoms with Gasteiger partial charge in [-0.25, -0.2) is 0 Å². The van der Waals surface area contributed by atoms with Gasteiger partial charge in [0.25, 0.3) is 10.1 Å². The Balaban J connectivity index is 0. The molecule has 0 aromatic heterocycles. The number of hydrogen-bond donors (Lipinski definition) is 3. The molecule has 5 nitrogen and oxygen atoms in total. The van der Waals surface area contributed by atoms with Crippen LogP contribution in [0.4, 0.5) is 13.2 Å². The van der Waals surface area contributed by atoms with Crippen molar-refractivity contribution in [1.82, 2.24) is 0 Å². The van der Waals surface area contributed by atoms with E-state index >= 15 is 0 Å². The molecule has 0 aromatic carbocycles. The van der Waals surface area contributed by atoms with Gasteiger partial charge in [-0.2, -0.15) is 21.6 Å². The van der Waals surface area contributed by atoms with Crippen molar-refractivity contribution in [2.24, 2.45) is 0 Å². The Bertz CT molecular complexity index is 308. The van der Waals surface area contributed by atoms with Crippen LogP contribution in [0.15, 0.2) is 0 Å². The number of rotatable bonds is 3. The molecule has 17 heavy (non-hydrogen) atoms. The van der Waals surface area contributed by atoms with Crippen LogP contribution in [0, 0.1) is 0 Å². The van der Waals surface area contributed by atoms with Crippen molar-refractivity contribution in [3.8, 4) is 0 Å². The predicted octanol–water partition coefficient (Wildman–Crippen LogP) is 0.965. The lowest BCUT2D eigenvalue weighted by Crippen LogP contribution is -2.46. The maximum absolute atomic E-state index is 11.8. The summed E-state index contributed by atoms with van der Waals surface area (Å²) in [6, 6.07) is 0. The minimum Gasteiger partial charge on any atom is -0.396 e. The third-order valence-electron chi connectivity index (χ3n) is 1.87. The van der Waals surface area contributed by atoms with E-state index in [-0.39, 0.29) is 12.7 Å². The Kier molecular flexibility index (Phi) is 7.28. The molecule has 0 rings (SSSR count). The summed E-state index contributed by atoms with van der Waals surface area (Å²) >= 11 is 0. The van der Waals surface area contributed by atoms with E-state index < -0.39 is 21.0 Å². The Labute approximate surface area is 98.0 Å². The molecule has 0 bridgehead atoms. The van der Waals surface area contributed by atoms with Crippen LogP contribution in [0.3, 0.4) is 0 Å². The van der Waals surface area contributed by atoms with Gasteiger partial charge in [0.1, 0.15) is 0 Å². The molecular weight excluding hydrogens is 265 g/mol. The third kappa shape index (κ3) is 6.81. The second-order valence-corrected chi connectivity index (χ2v) is 5.82. The molecule has 0 aromatic rings. The largest absolute Gasteiger partial charge is 0.409 e. The third-order valence-corrected chi connectivity index (χ3v) is 3.40. The van der Waals surface area contributed by atoms with Gasteiger partial charge in [0.15, 0.2) is 4.75 Å². The number of alkyl halides is 3. The van der Waals surface area contributed by atoms with Gasteiger partial charge >= 0.3 is 6.18 Å². The Morgan fingerprint density at radius 3 is 1.59 bits per heavy atom. The van der Waals surface area contributed by atoms with E-state index in [0.29, 0.717) is 20.3 Å². The Morgan fingerprint density at radius 2 is 1.59 bits per heavy atom. The first-order chi connectivity index (χ1) is 7.27. The molecule has 0 radical (unpaired) electrons. The maximum Gasteiger partial charge on any atom is 0.409 e. The number of aliphatic hydroxyl groups excluding tert-OH is 2.